The summed E-state index contributed by atoms with van der Waals surface area (Å²) in [6.07, 6.45) is -0.659. The van der Waals surface area contributed by atoms with E-state index in [1.165, 1.54) is 0 Å². The number of nitrogens with zero attached hydrogens (tertiary/aromatic N) is 2. The summed E-state index contributed by atoms with van der Waals surface area (Å²) in [5.74, 6) is 0.769. The van der Waals surface area contributed by atoms with Crippen LogP contribution in [0.2, 0.25) is 0 Å². The van der Waals surface area contributed by atoms with Crippen LogP contribution in [0.4, 0.5) is 0 Å². The number of aliphatic hydroxyl groups is 1. The Labute approximate surface area is 120 Å². The average Bonchev–Trinajstić information content (AvgIpc) is 3.17. The molecule has 3 rings (SSSR count). The van der Waals surface area contributed by atoms with Gasteiger partial charge in [0.15, 0.2) is 0 Å². The highest BCUT2D eigenvalue weighted by atomic mass is 32.1. The first-order valence-electron chi connectivity index (χ1n) is 6.36. The molecule has 0 amide bonds. The summed E-state index contributed by atoms with van der Waals surface area (Å²) in [4.78, 5) is 5.33. The Morgan fingerprint density at radius 2 is 1.95 bits per heavy atom. The van der Waals surface area contributed by atoms with Crippen LogP contribution in [-0.4, -0.2) is 15.2 Å². The van der Waals surface area contributed by atoms with Gasteiger partial charge in [0.05, 0.1) is 16.9 Å². The van der Waals surface area contributed by atoms with E-state index in [0.29, 0.717) is 11.7 Å². The fraction of sp³-hybridized carbons (Fsp3) is 0.200. The number of hydrogen-bond acceptors (Lipinski definition) is 5. The van der Waals surface area contributed by atoms with E-state index in [2.05, 4.69) is 10.1 Å². The quantitative estimate of drug-likeness (QED) is 0.795. The molecule has 0 aliphatic rings. The Kier molecular flexibility index (Phi) is 3.62. The summed E-state index contributed by atoms with van der Waals surface area (Å²) in [6, 6.07) is 13.4. The van der Waals surface area contributed by atoms with E-state index in [-0.39, 0.29) is 5.92 Å². The van der Waals surface area contributed by atoms with Gasteiger partial charge in [-0.3, -0.25) is 0 Å². The van der Waals surface area contributed by atoms with Crippen LogP contribution in [0, 0.1) is 0 Å². The largest absolute Gasteiger partial charge is 0.388 e. The summed E-state index contributed by atoms with van der Waals surface area (Å²) in [6.45, 7) is 1.88. The Bertz CT molecular complexity index is 664. The molecule has 4 nitrogen and oxygen atoms in total. The van der Waals surface area contributed by atoms with Gasteiger partial charge < -0.3 is 9.63 Å². The van der Waals surface area contributed by atoms with Crippen molar-refractivity contribution in [3.05, 3.63) is 59.3 Å². The number of rotatable bonds is 4. The van der Waals surface area contributed by atoms with Crippen LogP contribution >= 0.6 is 11.3 Å². The third kappa shape index (κ3) is 2.50. The number of hydrogen-bond donors (Lipinski definition) is 1. The van der Waals surface area contributed by atoms with Crippen molar-refractivity contribution >= 4 is 11.3 Å². The number of aliphatic hydroxyl groups excluding tert-OH is 1. The summed E-state index contributed by atoms with van der Waals surface area (Å²) >= 11 is 1.56. The normalized spacial score (nSPS) is 14.1. The van der Waals surface area contributed by atoms with Gasteiger partial charge in [0.2, 0.25) is 11.7 Å². The lowest BCUT2D eigenvalue weighted by Gasteiger charge is -2.15. The highest BCUT2D eigenvalue weighted by molar-refractivity contribution is 7.13. The predicted molar refractivity (Wildman–Crippen MR) is 77.4 cm³/mol. The van der Waals surface area contributed by atoms with E-state index >= 15 is 0 Å². The Hall–Kier alpha value is -1.98. The highest BCUT2D eigenvalue weighted by Gasteiger charge is 2.24. The number of thiophene rings is 1. The maximum Gasteiger partial charge on any atom is 0.232 e. The van der Waals surface area contributed by atoms with E-state index in [0.717, 1.165) is 10.4 Å². The summed E-state index contributed by atoms with van der Waals surface area (Å²) in [7, 11) is 0. The Balaban J connectivity index is 1.82. The molecule has 1 aromatic carbocycles. The predicted octanol–water partition coefficient (Wildman–Crippen LogP) is 3.64. The zero-order chi connectivity index (χ0) is 13.9. The van der Waals surface area contributed by atoms with E-state index < -0.39 is 6.10 Å². The molecule has 1 N–H and O–H groups in total. The van der Waals surface area contributed by atoms with Gasteiger partial charge in [-0.15, -0.1) is 11.3 Å². The molecule has 0 fully saturated rings. The summed E-state index contributed by atoms with van der Waals surface area (Å²) in [5.41, 5.74) is 0.843. The molecule has 5 heteroatoms. The minimum absolute atomic E-state index is 0.251. The van der Waals surface area contributed by atoms with Crippen molar-refractivity contribution in [2.24, 2.45) is 0 Å². The fourth-order valence-electron chi connectivity index (χ4n) is 2.00. The van der Waals surface area contributed by atoms with Gasteiger partial charge in [-0.25, -0.2) is 0 Å². The molecule has 0 spiro atoms. The first-order valence-corrected chi connectivity index (χ1v) is 7.24. The maximum atomic E-state index is 10.4. The third-order valence-corrected chi connectivity index (χ3v) is 4.05. The summed E-state index contributed by atoms with van der Waals surface area (Å²) in [5, 5.41) is 16.3. The van der Waals surface area contributed by atoms with Crippen molar-refractivity contribution in [1.82, 2.24) is 10.1 Å². The van der Waals surface area contributed by atoms with E-state index in [4.69, 9.17) is 4.52 Å². The standard InChI is InChI=1S/C15H14N2O2S/c1-10(13(18)11-6-3-2-4-7-11)15-16-14(17-19-15)12-8-5-9-20-12/h2-10,13,18H,1H3. The highest BCUT2D eigenvalue weighted by Crippen LogP contribution is 2.31. The van der Waals surface area contributed by atoms with Crippen molar-refractivity contribution in [1.29, 1.82) is 0 Å². The molecule has 2 heterocycles. The molecule has 0 saturated heterocycles. The van der Waals surface area contributed by atoms with Crippen LogP contribution in [-0.2, 0) is 0 Å². The van der Waals surface area contributed by atoms with Crippen LogP contribution in [0.25, 0.3) is 10.7 Å². The topological polar surface area (TPSA) is 59.2 Å². The van der Waals surface area contributed by atoms with Crippen molar-refractivity contribution in [3.8, 4) is 10.7 Å². The van der Waals surface area contributed by atoms with Crippen molar-refractivity contribution in [2.75, 3.05) is 0 Å². The number of aromatic nitrogens is 2. The lowest BCUT2D eigenvalue weighted by atomic mass is 9.97. The lowest BCUT2D eigenvalue weighted by Crippen LogP contribution is -2.07. The van der Waals surface area contributed by atoms with Crippen molar-refractivity contribution in [3.63, 3.8) is 0 Å². The lowest BCUT2D eigenvalue weighted by molar-refractivity contribution is 0.135. The van der Waals surface area contributed by atoms with Gasteiger partial charge >= 0.3 is 0 Å². The molecule has 2 unspecified atom stereocenters. The number of benzene rings is 1. The minimum Gasteiger partial charge on any atom is -0.388 e. The second kappa shape index (κ2) is 5.56. The average molecular weight is 286 g/mol. The van der Waals surface area contributed by atoms with Crippen LogP contribution in [0.5, 0.6) is 0 Å². The molecule has 3 aromatic rings. The van der Waals surface area contributed by atoms with Gasteiger partial charge in [0.25, 0.3) is 0 Å². The SMILES string of the molecule is CC(c1nc(-c2cccs2)no1)C(O)c1ccccc1. The molecule has 0 saturated carbocycles. The Morgan fingerprint density at radius 3 is 2.65 bits per heavy atom. The molecule has 0 aliphatic heterocycles. The van der Waals surface area contributed by atoms with Crippen LogP contribution in [0.1, 0.15) is 30.4 Å². The fourth-order valence-corrected chi connectivity index (χ4v) is 2.65. The molecule has 0 radical (unpaired) electrons. The van der Waals surface area contributed by atoms with Gasteiger partial charge in [-0.1, -0.05) is 48.5 Å². The van der Waals surface area contributed by atoms with Crippen LogP contribution < -0.4 is 0 Å². The molecule has 102 valence electrons. The van der Waals surface area contributed by atoms with Crippen molar-refractivity contribution in [2.45, 2.75) is 18.9 Å². The van der Waals surface area contributed by atoms with Gasteiger partial charge in [-0.05, 0) is 17.0 Å². The van der Waals surface area contributed by atoms with Crippen LogP contribution in [0.15, 0.2) is 52.4 Å². The van der Waals surface area contributed by atoms with Gasteiger partial charge in [0.1, 0.15) is 0 Å². The zero-order valence-electron chi connectivity index (χ0n) is 10.9. The summed E-state index contributed by atoms with van der Waals surface area (Å²) < 4.78 is 5.28. The maximum absolute atomic E-state index is 10.4. The molecule has 20 heavy (non-hydrogen) atoms. The van der Waals surface area contributed by atoms with Gasteiger partial charge in [0, 0.05) is 0 Å². The van der Waals surface area contributed by atoms with E-state index in [9.17, 15) is 5.11 Å². The Morgan fingerprint density at radius 1 is 1.15 bits per heavy atom. The van der Waals surface area contributed by atoms with E-state index in [1.807, 2.05) is 54.8 Å². The molecule has 2 aromatic heterocycles. The first-order chi connectivity index (χ1) is 9.75. The van der Waals surface area contributed by atoms with Crippen LogP contribution in [0.3, 0.4) is 0 Å². The van der Waals surface area contributed by atoms with Gasteiger partial charge in [-0.2, -0.15) is 4.98 Å². The van der Waals surface area contributed by atoms with E-state index in [1.54, 1.807) is 11.3 Å². The molecule has 0 bridgehead atoms. The second-order valence-corrected chi connectivity index (χ2v) is 5.53. The third-order valence-electron chi connectivity index (χ3n) is 3.19. The zero-order valence-corrected chi connectivity index (χ0v) is 11.7. The molecular formula is C15H14N2O2S. The smallest absolute Gasteiger partial charge is 0.232 e. The van der Waals surface area contributed by atoms with Crippen molar-refractivity contribution < 1.29 is 9.63 Å². The second-order valence-electron chi connectivity index (χ2n) is 4.58. The molecular weight excluding hydrogens is 272 g/mol. The minimum atomic E-state index is -0.659. The molecule has 2 atom stereocenters. The molecule has 0 aliphatic carbocycles. The first kappa shape index (κ1) is 13.0. The monoisotopic (exact) mass is 286 g/mol.